The molecule has 6 rings (SSSR count). The van der Waals surface area contributed by atoms with Gasteiger partial charge in [-0.15, -0.1) is 0 Å². The number of amides is 1. The lowest BCUT2D eigenvalue weighted by atomic mass is 9.85. The van der Waals surface area contributed by atoms with Crippen molar-refractivity contribution in [1.29, 1.82) is 0 Å². The van der Waals surface area contributed by atoms with Crippen LogP contribution in [0.3, 0.4) is 0 Å². The first-order valence-corrected chi connectivity index (χ1v) is 12.5. The molecule has 0 spiro atoms. The van der Waals surface area contributed by atoms with E-state index in [-0.39, 0.29) is 5.91 Å². The van der Waals surface area contributed by atoms with Gasteiger partial charge in [-0.25, -0.2) is 9.50 Å². The van der Waals surface area contributed by atoms with Gasteiger partial charge in [-0.05, 0) is 54.5 Å². The number of H-pyrrole nitrogens is 1. The van der Waals surface area contributed by atoms with Crippen LogP contribution in [0.5, 0.6) is 0 Å². The zero-order chi connectivity index (χ0) is 23.6. The summed E-state index contributed by atoms with van der Waals surface area (Å²) in [5.74, 6) is 0.639. The lowest BCUT2D eigenvalue weighted by molar-refractivity contribution is 0.0946. The van der Waals surface area contributed by atoms with Crippen molar-refractivity contribution in [3.8, 4) is 0 Å². The lowest BCUT2D eigenvalue weighted by Gasteiger charge is -2.28. The van der Waals surface area contributed by atoms with Gasteiger partial charge in [0.1, 0.15) is 5.69 Å². The summed E-state index contributed by atoms with van der Waals surface area (Å²) in [6.45, 7) is 5.35. The Morgan fingerprint density at radius 1 is 1.14 bits per heavy atom. The molecule has 9 heteroatoms. The Hall–Kier alpha value is -3.43. The molecule has 1 aliphatic carbocycles. The summed E-state index contributed by atoms with van der Waals surface area (Å²) in [4.78, 5) is 23.2. The Kier molecular flexibility index (Phi) is 6.10. The van der Waals surface area contributed by atoms with Crippen LogP contribution in [0.25, 0.3) is 16.6 Å². The number of imidazole rings is 1. The zero-order valence-corrected chi connectivity index (χ0v) is 19.8. The number of carbonyl (C=O) groups is 1. The van der Waals surface area contributed by atoms with E-state index in [2.05, 4.69) is 54.9 Å². The molecule has 0 bridgehead atoms. The van der Waals surface area contributed by atoms with Crippen LogP contribution in [-0.2, 0) is 17.8 Å². The SMILES string of the molecule is O=C(NCc1ccc2cc(CNCC3CCC3)[nH]c2c1)c1cn2nccc(N3CCOCC3)c2n1. The molecule has 0 radical (unpaired) electrons. The molecule has 1 saturated heterocycles. The summed E-state index contributed by atoms with van der Waals surface area (Å²) in [5, 5.41) is 12.1. The number of ether oxygens (including phenoxy) is 1. The van der Waals surface area contributed by atoms with Crippen molar-refractivity contribution >= 4 is 28.1 Å². The Morgan fingerprint density at radius 3 is 2.86 bits per heavy atom. The molecule has 2 fully saturated rings. The Balaban J connectivity index is 1.10. The topological polar surface area (TPSA) is 99.6 Å². The summed E-state index contributed by atoms with van der Waals surface area (Å²) >= 11 is 0. The molecule has 3 N–H and O–H groups in total. The molecule has 182 valence electrons. The average Bonchev–Trinajstić information content (AvgIpc) is 3.48. The molecule has 1 aromatic carbocycles. The molecule has 35 heavy (non-hydrogen) atoms. The number of anilines is 1. The molecule has 2 aliphatic rings. The van der Waals surface area contributed by atoms with E-state index in [1.165, 1.54) is 30.3 Å². The molecule has 4 aromatic rings. The molecule has 4 heterocycles. The van der Waals surface area contributed by atoms with Crippen molar-refractivity contribution < 1.29 is 9.53 Å². The number of nitrogens with zero attached hydrogens (tertiary/aromatic N) is 4. The van der Waals surface area contributed by atoms with Crippen molar-refractivity contribution in [2.75, 3.05) is 37.7 Å². The third kappa shape index (κ3) is 4.74. The van der Waals surface area contributed by atoms with E-state index in [9.17, 15) is 4.79 Å². The van der Waals surface area contributed by atoms with Crippen LogP contribution in [-0.4, -0.2) is 58.3 Å². The fourth-order valence-corrected chi connectivity index (χ4v) is 4.86. The molecule has 0 atom stereocenters. The predicted octanol–water partition coefficient (Wildman–Crippen LogP) is 2.87. The fraction of sp³-hybridized carbons (Fsp3) is 0.423. The van der Waals surface area contributed by atoms with E-state index >= 15 is 0 Å². The highest BCUT2D eigenvalue weighted by molar-refractivity contribution is 5.93. The van der Waals surface area contributed by atoms with Gasteiger partial charge in [0.25, 0.3) is 5.91 Å². The summed E-state index contributed by atoms with van der Waals surface area (Å²) in [6.07, 6.45) is 7.52. The van der Waals surface area contributed by atoms with Crippen LogP contribution < -0.4 is 15.5 Å². The Bertz CT molecular complexity index is 1330. The highest BCUT2D eigenvalue weighted by atomic mass is 16.5. The largest absolute Gasteiger partial charge is 0.378 e. The van der Waals surface area contributed by atoms with Gasteiger partial charge in [0.05, 0.1) is 31.3 Å². The number of carbonyl (C=O) groups excluding carboxylic acids is 1. The molecule has 1 amide bonds. The first-order valence-electron chi connectivity index (χ1n) is 12.5. The van der Waals surface area contributed by atoms with Crippen molar-refractivity contribution in [3.63, 3.8) is 0 Å². The fourth-order valence-electron chi connectivity index (χ4n) is 4.86. The monoisotopic (exact) mass is 473 g/mol. The van der Waals surface area contributed by atoms with Crippen molar-refractivity contribution in [2.45, 2.75) is 32.4 Å². The number of aromatic nitrogens is 4. The van der Waals surface area contributed by atoms with Gasteiger partial charge < -0.3 is 25.3 Å². The number of hydrogen-bond acceptors (Lipinski definition) is 6. The van der Waals surface area contributed by atoms with Gasteiger partial charge in [0.2, 0.25) is 0 Å². The second-order valence-corrected chi connectivity index (χ2v) is 9.54. The number of rotatable bonds is 8. The van der Waals surface area contributed by atoms with Gasteiger partial charge in [-0.3, -0.25) is 4.79 Å². The second kappa shape index (κ2) is 9.67. The molecular weight excluding hydrogens is 442 g/mol. The molecule has 1 aliphatic heterocycles. The smallest absolute Gasteiger partial charge is 0.271 e. The minimum Gasteiger partial charge on any atom is -0.378 e. The quantitative estimate of drug-likeness (QED) is 0.364. The van der Waals surface area contributed by atoms with E-state index in [4.69, 9.17) is 4.74 Å². The Labute approximate surface area is 203 Å². The third-order valence-electron chi connectivity index (χ3n) is 7.09. The average molecular weight is 474 g/mol. The maximum absolute atomic E-state index is 12.9. The summed E-state index contributed by atoms with van der Waals surface area (Å²) in [5.41, 5.74) is 5.33. The van der Waals surface area contributed by atoms with Crippen molar-refractivity contribution in [2.24, 2.45) is 5.92 Å². The molecule has 1 saturated carbocycles. The number of nitrogens with one attached hydrogen (secondary N) is 3. The lowest BCUT2D eigenvalue weighted by Crippen LogP contribution is -2.36. The number of fused-ring (bicyclic) bond motifs is 2. The maximum atomic E-state index is 12.9. The number of aromatic amines is 1. The second-order valence-electron chi connectivity index (χ2n) is 9.54. The van der Waals surface area contributed by atoms with Crippen LogP contribution in [0.4, 0.5) is 5.69 Å². The molecular formula is C26H31N7O2. The first kappa shape index (κ1) is 22.1. The van der Waals surface area contributed by atoms with Crippen LogP contribution in [0, 0.1) is 5.92 Å². The van der Waals surface area contributed by atoms with Crippen LogP contribution in [0.15, 0.2) is 42.7 Å². The van der Waals surface area contributed by atoms with Crippen LogP contribution >= 0.6 is 0 Å². The Morgan fingerprint density at radius 2 is 2.03 bits per heavy atom. The van der Waals surface area contributed by atoms with E-state index in [1.54, 1.807) is 16.9 Å². The van der Waals surface area contributed by atoms with E-state index < -0.39 is 0 Å². The van der Waals surface area contributed by atoms with E-state index in [0.29, 0.717) is 31.1 Å². The third-order valence-corrected chi connectivity index (χ3v) is 7.09. The van der Waals surface area contributed by atoms with E-state index in [0.717, 1.165) is 48.9 Å². The summed E-state index contributed by atoms with van der Waals surface area (Å²) in [6, 6.07) is 10.4. The molecule has 3 aromatic heterocycles. The normalized spacial score (nSPS) is 16.6. The van der Waals surface area contributed by atoms with Crippen LogP contribution in [0.1, 0.15) is 41.0 Å². The molecule has 0 unspecified atom stereocenters. The van der Waals surface area contributed by atoms with Gasteiger partial charge in [0, 0.05) is 37.4 Å². The first-order chi connectivity index (χ1) is 17.2. The maximum Gasteiger partial charge on any atom is 0.271 e. The van der Waals surface area contributed by atoms with Gasteiger partial charge >= 0.3 is 0 Å². The van der Waals surface area contributed by atoms with E-state index in [1.807, 2.05) is 6.07 Å². The highest BCUT2D eigenvalue weighted by Gasteiger charge is 2.19. The van der Waals surface area contributed by atoms with Crippen molar-refractivity contribution in [3.05, 3.63) is 59.7 Å². The van der Waals surface area contributed by atoms with Gasteiger partial charge in [0.15, 0.2) is 5.65 Å². The van der Waals surface area contributed by atoms with Crippen molar-refractivity contribution in [1.82, 2.24) is 30.2 Å². The summed E-state index contributed by atoms with van der Waals surface area (Å²) in [7, 11) is 0. The van der Waals surface area contributed by atoms with Gasteiger partial charge in [-0.2, -0.15) is 5.10 Å². The molecule has 9 nitrogen and oxygen atoms in total. The van der Waals surface area contributed by atoms with Gasteiger partial charge in [-0.1, -0.05) is 18.6 Å². The number of hydrogen-bond donors (Lipinski definition) is 3. The van der Waals surface area contributed by atoms with Crippen LogP contribution in [0.2, 0.25) is 0 Å². The zero-order valence-electron chi connectivity index (χ0n) is 19.8. The number of morpholine rings is 1. The number of benzene rings is 1. The standard InChI is InChI=1S/C26H31N7O2/c34-26(23-17-33-25(31-23)24(6-7-29-33)32-8-10-35-11-9-32)28-15-19-4-5-20-13-21(30-22(20)12-19)16-27-14-18-2-1-3-18/h4-7,12-13,17-18,27,30H,1-3,8-11,14-16H2,(H,28,34). The summed E-state index contributed by atoms with van der Waals surface area (Å²) < 4.78 is 7.13. The highest BCUT2D eigenvalue weighted by Crippen LogP contribution is 2.25. The predicted molar refractivity (Wildman–Crippen MR) is 135 cm³/mol. The minimum absolute atomic E-state index is 0.212. The minimum atomic E-state index is -0.212.